The van der Waals surface area contributed by atoms with Gasteiger partial charge in [-0.3, -0.25) is 4.90 Å². The Bertz CT molecular complexity index is 1390. The number of nitrogens with zero attached hydrogens (tertiary/aromatic N) is 7. The second-order valence-corrected chi connectivity index (χ2v) is 12.2. The average Bonchev–Trinajstić information content (AvgIpc) is 3.59. The highest BCUT2D eigenvalue weighted by Crippen LogP contribution is 2.48. The van der Waals surface area contributed by atoms with Crippen molar-refractivity contribution in [1.29, 1.82) is 5.26 Å². The van der Waals surface area contributed by atoms with Crippen molar-refractivity contribution in [2.75, 3.05) is 67.9 Å². The zero-order valence-corrected chi connectivity index (χ0v) is 23.9. The SMILES string of the molecule is CCN1CCN(c2cc(N3CCNCC3)cc(-c3noc(C4(C)CCCc5sc(N)c(C#N)c54)n3)n2)CC1C. The Morgan fingerprint density at radius 3 is 2.77 bits per heavy atom. The summed E-state index contributed by atoms with van der Waals surface area (Å²) in [6.45, 7) is 14.3. The number of nitriles is 1. The summed E-state index contributed by atoms with van der Waals surface area (Å²) in [7, 11) is 0. The van der Waals surface area contributed by atoms with Crippen molar-refractivity contribution in [2.24, 2.45) is 0 Å². The van der Waals surface area contributed by atoms with E-state index in [9.17, 15) is 5.26 Å². The van der Waals surface area contributed by atoms with E-state index in [0.29, 0.717) is 34.0 Å². The van der Waals surface area contributed by atoms with Crippen LogP contribution >= 0.6 is 11.3 Å². The Balaban J connectivity index is 1.38. The molecular formula is C28H37N9OS. The van der Waals surface area contributed by atoms with Gasteiger partial charge in [0.1, 0.15) is 22.6 Å². The molecule has 0 spiro atoms. The van der Waals surface area contributed by atoms with Crippen molar-refractivity contribution < 1.29 is 4.52 Å². The second-order valence-electron chi connectivity index (χ2n) is 11.1. The number of likely N-dealkylation sites (N-methyl/N-ethyl adjacent to an activating group) is 1. The Labute approximate surface area is 233 Å². The highest BCUT2D eigenvalue weighted by atomic mass is 32.1. The molecule has 206 valence electrons. The standard InChI is InChI=1S/C28H37N9OS/c1-4-35-12-13-37(17-18(35)2)23-15-19(36-10-8-31-9-11-36)14-21(32-23)26-33-27(38-34-26)28(3)7-5-6-22-24(28)20(16-29)25(30)39-22/h14-15,18,31H,4-13,17,30H2,1-3H3. The summed E-state index contributed by atoms with van der Waals surface area (Å²) in [6, 6.07) is 7.09. The molecule has 0 saturated carbocycles. The lowest BCUT2D eigenvalue weighted by molar-refractivity contribution is 0.199. The van der Waals surface area contributed by atoms with E-state index in [0.717, 1.165) is 93.6 Å². The van der Waals surface area contributed by atoms with Crippen LogP contribution in [0, 0.1) is 11.3 Å². The summed E-state index contributed by atoms with van der Waals surface area (Å²) in [4.78, 5) is 18.5. The van der Waals surface area contributed by atoms with Crippen molar-refractivity contribution in [3.05, 3.63) is 34.0 Å². The third-order valence-corrected chi connectivity index (χ3v) is 9.73. The molecule has 0 bridgehead atoms. The molecule has 3 aromatic rings. The maximum atomic E-state index is 9.87. The highest BCUT2D eigenvalue weighted by molar-refractivity contribution is 7.16. The third-order valence-electron chi connectivity index (χ3n) is 8.65. The molecule has 1 aliphatic carbocycles. The van der Waals surface area contributed by atoms with Crippen LogP contribution in [0.15, 0.2) is 16.7 Å². The van der Waals surface area contributed by atoms with E-state index in [2.05, 4.69) is 64.1 Å². The fourth-order valence-electron chi connectivity index (χ4n) is 6.42. The van der Waals surface area contributed by atoms with E-state index in [4.69, 9.17) is 20.2 Å². The number of hydrogen-bond donors (Lipinski definition) is 2. The van der Waals surface area contributed by atoms with Crippen molar-refractivity contribution in [3.8, 4) is 17.6 Å². The molecular weight excluding hydrogens is 510 g/mol. The zero-order valence-electron chi connectivity index (χ0n) is 23.0. The van der Waals surface area contributed by atoms with Gasteiger partial charge in [0.15, 0.2) is 0 Å². The molecule has 3 aromatic heterocycles. The van der Waals surface area contributed by atoms with Crippen LogP contribution < -0.4 is 20.9 Å². The molecule has 2 unspecified atom stereocenters. The van der Waals surface area contributed by atoms with Crippen LogP contribution in [0.2, 0.25) is 0 Å². The van der Waals surface area contributed by atoms with Crippen LogP contribution in [-0.4, -0.2) is 78.4 Å². The monoisotopic (exact) mass is 547 g/mol. The third kappa shape index (κ3) is 4.64. The molecule has 2 atom stereocenters. The molecule has 0 amide bonds. The van der Waals surface area contributed by atoms with Crippen molar-refractivity contribution >= 4 is 27.8 Å². The van der Waals surface area contributed by atoms with E-state index in [1.165, 1.54) is 11.3 Å². The minimum absolute atomic E-state index is 0.460. The number of hydrogen-bond acceptors (Lipinski definition) is 11. The summed E-state index contributed by atoms with van der Waals surface area (Å²) < 4.78 is 5.95. The maximum Gasteiger partial charge on any atom is 0.237 e. The summed E-state index contributed by atoms with van der Waals surface area (Å²) in [5, 5.41) is 18.3. The first kappa shape index (κ1) is 26.0. The Morgan fingerprint density at radius 2 is 2.03 bits per heavy atom. The summed E-state index contributed by atoms with van der Waals surface area (Å²) >= 11 is 1.51. The van der Waals surface area contributed by atoms with Crippen LogP contribution in [0.5, 0.6) is 0 Å². The van der Waals surface area contributed by atoms with Crippen molar-refractivity contribution in [1.82, 2.24) is 25.3 Å². The van der Waals surface area contributed by atoms with Gasteiger partial charge in [-0.2, -0.15) is 10.2 Å². The average molecular weight is 548 g/mol. The molecule has 0 aromatic carbocycles. The van der Waals surface area contributed by atoms with Crippen LogP contribution in [0.1, 0.15) is 55.5 Å². The highest BCUT2D eigenvalue weighted by Gasteiger charge is 2.43. The van der Waals surface area contributed by atoms with E-state index >= 15 is 0 Å². The number of rotatable bonds is 5. The number of aromatic nitrogens is 3. The predicted octanol–water partition coefficient (Wildman–Crippen LogP) is 3.23. The molecule has 11 heteroatoms. The predicted molar refractivity (Wildman–Crippen MR) is 154 cm³/mol. The Hall–Kier alpha value is -3.20. The van der Waals surface area contributed by atoms with E-state index in [1.54, 1.807) is 0 Å². The van der Waals surface area contributed by atoms with Crippen molar-refractivity contribution in [3.63, 3.8) is 0 Å². The maximum absolute atomic E-state index is 9.87. The van der Waals surface area contributed by atoms with Gasteiger partial charge < -0.3 is 25.4 Å². The molecule has 6 rings (SSSR count). The number of nitrogens with one attached hydrogen (secondary N) is 1. The first-order valence-electron chi connectivity index (χ1n) is 14.0. The number of nitrogens with two attached hydrogens (primary N) is 1. The molecule has 39 heavy (non-hydrogen) atoms. The zero-order chi connectivity index (χ0) is 27.1. The minimum Gasteiger partial charge on any atom is -0.389 e. The van der Waals surface area contributed by atoms with Gasteiger partial charge in [-0.1, -0.05) is 12.1 Å². The van der Waals surface area contributed by atoms with Gasteiger partial charge in [-0.05, 0) is 45.7 Å². The van der Waals surface area contributed by atoms with Crippen LogP contribution in [0.25, 0.3) is 11.5 Å². The van der Waals surface area contributed by atoms with E-state index in [1.807, 2.05) is 0 Å². The van der Waals surface area contributed by atoms with Gasteiger partial charge in [0.05, 0.1) is 11.0 Å². The number of pyridine rings is 1. The topological polar surface area (TPSA) is 123 Å². The molecule has 2 aliphatic heterocycles. The molecule has 2 saturated heterocycles. The van der Waals surface area contributed by atoms with E-state index in [-0.39, 0.29) is 0 Å². The van der Waals surface area contributed by atoms with Gasteiger partial charge in [-0.15, -0.1) is 11.3 Å². The van der Waals surface area contributed by atoms with Gasteiger partial charge in [0.25, 0.3) is 0 Å². The molecule has 5 heterocycles. The Morgan fingerprint density at radius 1 is 1.21 bits per heavy atom. The second kappa shape index (κ2) is 10.4. The van der Waals surface area contributed by atoms with Crippen LogP contribution in [0.3, 0.4) is 0 Å². The summed E-state index contributed by atoms with van der Waals surface area (Å²) in [5.41, 5.74) is 9.04. The molecule has 0 radical (unpaired) electrons. The van der Waals surface area contributed by atoms with Crippen LogP contribution in [-0.2, 0) is 11.8 Å². The molecule has 2 fully saturated rings. The van der Waals surface area contributed by atoms with Gasteiger partial charge in [0, 0.05) is 74.0 Å². The van der Waals surface area contributed by atoms with Crippen molar-refractivity contribution in [2.45, 2.75) is 51.5 Å². The van der Waals surface area contributed by atoms with Gasteiger partial charge >= 0.3 is 0 Å². The number of aryl methyl sites for hydroxylation is 1. The quantitative estimate of drug-likeness (QED) is 0.492. The first-order valence-corrected chi connectivity index (χ1v) is 14.9. The van der Waals surface area contributed by atoms with E-state index < -0.39 is 5.41 Å². The van der Waals surface area contributed by atoms with Gasteiger partial charge in [0.2, 0.25) is 11.7 Å². The fourth-order valence-corrected chi connectivity index (χ4v) is 7.61. The number of fused-ring (bicyclic) bond motifs is 1. The van der Waals surface area contributed by atoms with Gasteiger partial charge in [-0.25, -0.2) is 4.98 Å². The lowest BCUT2D eigenvalue weighted by atomic mass is 9.72. The summed E-state index contributed by atoms with van der Waals surface area (Å²) in [5.74, 6) is 1.96. The largest absolute Gasteiger partial charge is 0.389 e. The first-order chi connectivity index (χ1) is 18.9. The Kier molecular flexibility index (Phi) is 6.95. The summed E-state index contributed by atoms with van der Waals surface area (Å²) in [6.07, 6.45) is 2.73. The number of nitrogen functional groups attached to an aromatic ring is 1. The minimum atomic E-state index is -0.553. The number of piperazine rings is 2. The molecule has 10 nitrogen and oxygen atoms in total. The molecule has 3 N–H and O–H groups in total. The number of thiophene rings is 1. The lowest BCUT2D eigenvalue weighted by Crippen LogP contribution is -2.52. The molecule has 3 aliphatic rings. The fraction of sp³-hybridized carbons (Fsp3) is 0.571. The van der Waals surface area contributed by atoms with Crippen LogP contribution in [0.4, 0.5) is 16.5 Å². The lowest BCUT2D eigenvalue weighted by Gasteiger charge is -2.40. The number of anilines is 3. The normalized spacial score (nSPS) is 24.0. The smallest absolute Gasteiger partial charge is 0.237 e.